The van der Waals surface area contributed by atoms with Gasteiger partial charge in [-0.15, -0.1) is 0 Å². The smallest absolute Gasteiger partial charge is 0.408 e. The van der Waals surface area contributed by atoms with Crippen molar-refractivity contribution in [2.45, 2.75) is 12.6 Å². The summed E-state index contributed by atoms with van der Waals surface area (Å²) in [6, 6.07) is 8.52. The Kier molecular flexibility index (Phi) is 6.38. The van der Waals surface area contributed by atoms with E-state index in [0.717, 1.165) is 5.56 Å². The lowest BCUT2D eigenvalue weighted by Crippen LogP contribution is -2.47. The van der Waals surface area contributed by atoms with Crippen molar-refractivity contribution in [3.05, 3.63) is 35.9 Å². The number of alkyl carbamates (subject to hydrolysis) is 1. The Bertz CT molecular complexity index is 408. The number of hydrogen-bond donors (Lipinski definition) is 2. The molecular weight excluding hydrogens is 248 g/mol. The van der Waals surface area contributed by atoms with Gasteiger partial charge in [-0.1, -0.05) is 30.3 Å². The van der Waals surface area contributed by atoms with Crippen molar-refractivity contribution in [2.24, 2.45) is 0 Å². The molecule has 0 fully saturated rings. The molecule has 1 amide bonds. The third-order valence-electron chi connectivity index (χ3n) is 2.40. The third kappa shape index (κ3) is 5.39. The molecule has 0 saturated heterocycles. The van der Waals surface area contributed by atoms with Crippen LogP contribution in [0, 0.1) is 0 Å². The molecule has 2 N–H and O–H groups in total. The molecule has 0 bridgehead atoms. The summed E-state index contributed by atoms with van der Waals surface area (Å²) < 4.78 is 9.59. The Morgan fingerprint density at radius 3 is 2.53 bits per heavy atom. The largest absolute Gasteiger partial charge is 0.467 e. The first-order chi connectivity index (χ1) is 9.17. The Morgan fingerprint density at radius 1 is 1.26 bits per heavy atom. The Balaban J connectivity index is 2.42. The van der Waals surface area contributed by atoms with Crippen molar-refractivity contribution in [3.8, 4) is 0 Å². The first-order valence-corrected chi connectivity index (χ1v) is 5.87. The number of amides is 1. The number of benzene rings is 1. The summed E-state index contributed by atoms with van der Waals surface area (Å²) >= 11 is 0. The minimum atomic E-state index is -0.765. The SMILES string of the molecule is CNC[C@H](NC(=O)OCc1ccccc1)C(=O)OC. The minimum absolute atomic E-state index is 0.153. The van der Waals surface area contributed by atoms with E-state index >= 15 is 0 Å². The molecule has 0 saturated carbocycles. The first kappa shape index (κ1) is 15.0. The van der Waals surface area contributed by atoms with E-state index in [0.29, 0.717) is 0 Å². The lowest BCUT2D eigenvalue weighted by molar-refractivity contribution is -0.142. The number of esters is 1. The highest BCUT2D eigenvalue weighted by molar-refractivity contribution is 5.81. The number of ether oxygens (including phenoxy) is 2. The fourth-order valence-corrected chi connectivity index (χ4v) is 1.45. The molecule has 0 spiro atoms. The zero-order chi connectivity index (χ0) is 14.1. The van der Waals surface area contributed by atoms with Gasteiger partial charge in [0, 0.05) is 6.54 Å². The third-order valence-corrected chi connectivity index (χ3v) is 2.40. The van der Waals surface area contributed by atoms with Gasteiger partial charge in [0.2, 0.25) is 0 Å². The number of rotatable bonds is 6. The van der Waals surface area contributed by atoms with E-state index in [-0.39, 0.29) is 13.2 Å². The van der Waals surface area contributed by atoms with E-state index in [9.17, 15) is 9.59 Å². The zero-order valence-corrected chi connectivity index (χ0v) is 11.0. The molecule has 1 rings (SSSR count). The van der Waals surface area contributed by atoms with Gasteiger partial charge < -0.3 is 20.1 Å². The van der Waals surface area contributed by atoms with Crippen molar-refractivity contribution >= 4 is 12.1 Å². The van der Waals surface area contributed by atoms with Gasteiger partial charge in [0.1, 0.15) is 12.6 Å². The molecule has 0 aliphatic carbocycles. The molecule has 1 aromatic rings. The summed E-state index contributed by atoms with van der Waals surface area (Å²) in [6.07, 6.45) is -0.658. The highest BCUT2D eigenvalue weighted by Crippen LogP contribution is 2.00. The van der Waals surface area contributed by atoms with Crippen molar-refractivity contribution in [3.63, 3.8) is 0 Å². The summed E-state index contributed by atoms with van der Waals surface area (Å²) in [4.78, 5) is 22.9. The monoisotopic (exact) mass is 266 g/mol. The summed E-state index contributed by atoms with van der Waals surface area (Å²) in [5.74, 6) is -0.522. The van der Waals surface area contributed by atoms with E-state index < -0.39 is 18.1 Å². The number of methoxy groups -OCH3 is 1. The number of hydrogen-bond acceptors (Lipinski definition) is 5. The van der Waals surface area contributed by atoms with Crippen LogP contribution in [0.2, 0.25) is 0 Å². The van der Waals surface area contributed by atoms with Gasteiger partial charge in [-0.3, -0.25) is 0 Å². The maximum Gasteiger partial charge on any atom is 0.408 e. The second-order valence-corrected chi connectivity index (χ2v) is 3.84. The second-order valence-electron chi connectivity index (χ2n) is 3.84. The molecule has 19 heavy (non-hydrogen) atoms. The van der Waals surface area contributed by atoms with E-state index in [2.05, 4.69) is 15.4 Å². The molecule has 6 heteroatoms. The standard InChI is InChI=1S/C13H18N2O4/c1-14-8-11(12(16)18-2)15-13(17)19-9-10-6-4-3-5-7-10/h3-7,11,14H,8-9H2,1-2H3,(H,15,17)/t11-/m0/s1. The maximum atomic E-state index is 11.6. The maximum absolute atomic E-state index is 11.6. The lowest BCUT2D eigenvalue weighted by atomic mass is 10.2. The van der Waals surface area contributed by atoms with Gasteiger partial charge in [0.25, 0.3) is 0 Å². The van der Waals surface area contributed by atoms with E-state index in [4.69, 9.17) is 4.74 Å². The minimum Gasteiger partial charge on any atom is -0.467 e. The Morgan fingerprint density at radius 2 is 1.95 bits per heavy atom. The molecule has 6 nitrogen and oxygen atoms in total. The molecular formula is C13H18N2O4. The summed E-state index contributed by atoms with van der Waals surface area (Å²) in [5.41, 5.74) is 0.876. The van der Waals surface area contributed by atoms with Gasteiger partial charge in [0.05, 0.1) is 7.11 Å². The van der Waals surface area contributed by atoms with Crippen LogP contribution in [0.5, 0.6) is 0 Å². The normalized spacial score (nSPS) is 11.5. The molecule has 0 aliphatic heterocycles. The molecule has 0 aliphatic rings. The number of likely N-dealkylation sites (N-methyl/N-ethyl adjacent to an activating group) is 1. The van der Waals surface area contributed by atoms with Crippen molar-refractivity contribution < 1.29 is 19.1 Å². The molecule has 0 aromatic heterocycles. The van der Waals surface area contributed by atoms with Gasteiger partial charge in [-0.05, 0) is 12.6 Å². The zero-order valence-electron chi connectivity index (χ0n) is 11.0. The molecule has 1 aromatic carbocycles. The molecule has 104 valence electrons. The van der Waals surface area contributed by atoms with Crippen LogP contribution in [0.15, 0.2) is 30.3 Å². The van der Waals surface area contributed by atoms with Crippen LogP contribution in [-0.2, 0) is 20.9 Å². The molecule has 0 heterocycles. The van der Waals surface area contributed by atoms with Crippen molar-refractivity contribution in [1.82, 2.24) is 10.6 Å². The van der Waals surface area contributed by atoms with Crippen molar-refractivity contribution in [2.75, 3.05) is 20.7 Å². The predicted octanol–water partition coefficient (Wildman–Crippen LogP) is 0.674. The Hall–Kier alpha value is -2.08. The highest BCUT2D eigenvalue weighted by atomic mass is 16.6. The van der Waals surface area contributed by atoms with Gasteiger partial charge in [0.15, 0.2) is 0 Å². The molecule has 1 atom stereocenters. The van der Waals surface area contributed by atoms with Crippen LogP contribution in [0.3, 0.4) is 0 Å². The Labute approximate surface area is 112 Å². The van der Waals surface area contributed by atoms with Crippen LogP contribution in [0.1, 0.15) is 5.56 Å². The first-order valence-electron chi connectivity index (χ1n) is 5.87. The van der Waals surface area contributed by atoms with Gasteiger partial charge in [-0.2, -0.15) is 0 Å². The number of nitrogens with one attached hydrogen (secondary N) is 2. The summed E-state index contributed by atoms with van der Waals surface area (Å²) in [7, 11) is 2.94. The fraction of sp³-hybridized carbons (Fsp3) is 0.385. The number of carbonyl (C=O) groups excluding carboxylic acids is 2. The van der Waals surface area contributed by atoms with Crippen LogP contribution < -0.4 is 10.6 Å². The predicted molar refractivity (Wildman–Crippen MR) is 69.5 cm³/mol. The lowest BCUT2D eigenvalue weighted by Gasteiger charge is -2.15. The number of carbonyl (C=O) groups is 2. The van der Waals surface area contributed by atoms with E-state index in [1.54, 1.807) is 7.05 Å². The fourth-order valence-electron chi connectivity index (χ4n) is 1.45. The van der Waals surface area contributed by atoms with Crippen LogP contribution in [0.25, 0.3) is 0 Å². The van der Waals surface area contributed by atoms with Gasteiger partial charge in [-0.25, -0.2) is 9.59 Å². The average Bonchev–Trinajstić information content (AvgIpc) is 2.45. The quantitative estimate of drug-likeness (QED) is 0.740. The van der Waals surface area contributed by atoms with Crippen LogP contribution >= 0.6 is 0 Å². The van der Waals surface area contributed by atoms with Crippen LogP contribution in [-0.4, -0.2) is 38.8 Å². The van der Waals surface area contributed by atoms with Crippen LogP contribution in [0.4, 0.5) is 4.79 Å². The van der Waals surface area contributed by atoms with E-state index in [1.807, 2.05) is 30.3 Å². The summed E-state index contributed by atoms with van der Waals surface area (Å²) in [5, 5.41) is 5.23. The van der Waals surface area contributed by atoms with Crippen molar-refractivity contribution in [1.29, 1.82) is 0 Å². The molecule has 0 radical (unpaired) electrons. The van der Waals surface area contributed by atoms with Gasteiger partial charge >= 0.3 is 12.1 Å². The topological polar surface area (TPSA) is 76.7 Å². The molecule has 0 unspecified atom stereocenters. The average molecular weight is 266 g/mol. The second kappa shape index (κ2) is 8.10. The summed E-state index contributed by atoms with van der Waals surface area (Å²) in [6.45, 7) is 0.424. The highest BCUT2D eigenvalue weighted by Gasteiger charge is 2.21. The van der Waals surface area contributed by atoms with E-state index in [1.165, 1.54) is 7.11 Å².